The minimum Gasteiger partial charge on any atom is -0.430 e. The summed E-state index contributed by atoms with van der Waals surface area (Å²) in [6.45, 7) is 2.04. The number of rotatable bonds is 3. The first-order valence-corrected chi connectivity index (χ1v) is 7.71. The van der Waals surface area contributed by atoms with Crippen molar-refractivity contribution in [1.29, 1.82) is 0 Å². The van der Waals surface area contributed by atoms with Crippen LogP contribution in [0.3, 0.4) is 0 Å². The monoisotopic (exact) mass is 320 g/mol. The Bertz CT molecular complexity index is 930. The quantitative estimate of drug-likeness (QED) is 0.685. The summed E-state index contributed by atoms with van der Waals surface area (Å²) >= 11 is 0. The Morgan fingerprint density at radius 1 is 1.25 bits per heavy atom. The first-order valence-electron chi connectivity index (χ1n) is 7.71. The van der Waals surface area contributed by atoms with Crippen molar-refractivity contribution in [2.24, 2.45) is 0 Å². The van der Waals surface area contributed by atoms with Crippen molar-refractivity contribution in [2.45, 2.75) is 12.5 Å². The molecular formula is C19H16N2O3. The van der Waals surface area contributed by atoms with Gasteiger partial charge in [0.15, 0.2) is 5.60 Å². The number of nitrogens with zero attached hydrogens (tertiary/aromatic N) is 2. The molecule has 1 aromatic carbocycles. The number of carbonyl (C=O) groups excluding carboxylic acids is 1. The van der Waals surface area contributed by atoms with Crippen molar-refractivity contribution in [1.82, 2.24) is 9.55 Å². The summed E-state index contributed by atoms with van der Waals surface area (Å²) in [5.74, 6) is 0. The number of carbonyl (C=O) groups is 1. The van der Waals surface area contributed by atoms with Gasteiger partial charge in [0.25, 0.3) is 0 Å². The molecule has 0 amide bonds. The molecule has 5 nitrogen and oxygen atoms in total. The van der Waals surface area contributed by atoms with Crippen LogP contribution in [0.2, 0.25) is 0 Å². The van der Waals surface area contributed by atoms with Crippen LogP contribution < -0.4 is 0 Å². The zero-order valence-corrected chi connectivity index (χ0v) is 13.2. The summed E-state index contributed by atoms with van der Waals surface area (Å²) in [6, 6.07) is 14.2. The average Bonchev–Trinajstić information content (AvgIpc) is 3.14. The highest BCUT2D eigenvalue weighted by molar-refractivity contribution is 5.85. The number of cyclic esters (lactones) is 2. The van der Waals surface area contributed by atoms with Crippen molar-refractivity contribution in [2.75, 3.05) is 6.61 Å². The molecule has 24 heavy (non-hydrogen) atoms. The molecule has 5 heteroatoms. The van der Waals surface area contributed by atoms with E-state index in [1.807, 2.05) is 49.5 Å². The van der Waals surface area contributed by atoms with Crippen LogP contribution in [0.4, 0.5) is 4.79 Å². The Morgan fingerprint density at radius 3 is 2.88 bits per heavy atom. The summed E-state index contributed by atoms with van der Waals surface area (Å²) in [5, 5.41) is 1.13. The van der Waals surface area contributed by atoms with Crippen LogP contribution in [-0.4, -0.2) is 27.9 Å². The van der Waals surface area contributed by atoms with Gasteiger partial charge in [-0.3, -0.25) is 4.98 Å². The van der Waals surface area contributed by atoms with Gasteiger partial charge < -0.3 is 14.0 Å². The van der Waals surface area contributed by atoms with Gasteiger partial charge in [0.1, 0.15) is 6.61 Å². The molecule has 1 fully saturated rings. The van der Waals surface area contributed by atoms with E-state index in [0.717, 1.165) is 22.3 Å². The fraction of sp³-hybridized carbons (Fsp3) is 0.158. The topological polar surface area (TPSA) is 53.4 Å². The molecule has 1 unspecified atom stereocenters. The van der Waals surface area contributed by atoms with Gasteiger partial charge in [-0.15, -0.1) is 0 Å². The maximum Gasteiger partial charge on any atom is 0.509 e. The van der Waals surface area contributed by atoms with E-state index < -0.39 is 11.8 Å². The second kappa shape index (κ2) is 5.53. The highest BCUT2D eigenvalue weighted by Gasteiger charge is 2.35. The van der Waals surface area contributed by atoms with E-state index in [4.69, 9.17) is 9.47 Å². The molecule has 1 aliphatic heterocycles. The van der Waals surface area contributed by atoms with Crippen LogP contribution in [-0.2, 0) is 9.47 Å². The molecule has 0 N–H and O–H groups in total. The van der Waals surface area contributed by atoms with E-state index in [9.17, 15) is 4.79 Å². The van der Waals surface area contributed by atoms with E-state index in [-0.39, 0.29) is 6.61 Å². The highest BCUT2D eigenvalue weighted by atomic mass is 16.8. The van der Waals surface area contributed by atoms with Gasteiger partial charge in [0.2, 0.25) is 0 Å². The Labute approximate surface area is 139 Å². The Balaban J connectivity index is 1.82. The van der Waals surface area contributed by atoms with Crippen molar-refractivity contribution in [3.05, 3.63) is 66.6 Å². The SMILES string of the molecule is CC1(/C=C/c2cc3ccccc3n2-c2cccnc2)COC(=O)O1. The number of pyridine rings is 1. The van der Waals surface area contributed by atoms with Gasteiger partial charge in [-0.25, -0.2) is 4.79 Å². The Kier molecular flexibility index (Phi) is 3.34. The minimum absolute atomic E-state index is 0.218. The zero-order valence-electron chi connectivity index (χ0n) is 13.2. The van der Waals surface area contributed by atoms with Gasteiger partial charge >= 0.3 is 6.16 Å². The van der Waals surface area contributed by atoms with E-state index in [1.165, 1.54) is 0 Å². The minimum atomic E-state index is -0.743. The van der Waals surface area contributed by atoms with Crippen LogP contribution in [0.25, 0.3) is 22.7 Å². The first kappa shape index (κ1) is 14.5. The largest absolute Gasteiger partial charge is 0.509 e. The number of hydrogen-bond acceptors (Lipinski definition) is 4. The van der Waals surface area contributed by atoms with E-state index >= 15 is 0 Å². The normalized spacial score (nSPS) is 20.5. The Hall–Kier alpha value is -3.08. The maximum absolute atomic E-state index is 11.2. The van der Waals surface area contributed by atoms with Crippen molar-refractivity contribution in [3.8, 4) is 5.69 Å². The zero-order chi connectivity index (χ0) is 16.6. The summed E-state index contributed by atoms with van der Waals surface area (Å²) in [6.07, 6.45) is 6.76. The molecule has 0 spiro atoms. The number of ether oxygens (including phenoxy) is 2. The molecule has 1 atom stereocenters. The predicted octanol–water partition coefficient (Wildman–Crippen LogP) is 3.96. The fourth-order valence-electron chi connectivity index (χ4n) is 2.87. The Morgan fingerprint density at radius 2 is 2.12 bits per heavy atom. The molecule has 1 aliphatic rings. The molecule has 2 aromatic heterocycles. The maximum atomic E-state index is 11.2. The van der Waals surface area contributed by atoms with Crippen LogP contribution in [0.1, 0.15) is 12.6 Å². The number of fused-ring (bicyclic) bond motifs is 1. The molecule has 4 rings (SSSR count). The van der Waals surface area contributed by atoms with Crippen LogP contribution in [0, 0.1) is 0 Å². The summed E-state index contributed by atoms with van der Waals surface area (Å²) in [4.78, 5) is 15.4. The third-order valence-electron chi connectivity index (χ3n) is 4.04. The van der Waals surface area contributed by atoms with Crippen molar-refractivity contribution >= 4 is 23.1 Å². The van der Waals surface area contributed by atoms with Gasteiger partial charge in [-0.2, -0.15) is 0 Å². The summed E-state index contributed by atoms with van der Waals surface area (Å²) < 4.78 is 12.2. The average molecular weight is 320 g/mol. The van der Waals surface area contributed by atoms with Crippen molar-refractivity contribution in [3.63, 3.8) is 0 Å². The first-order chi connectivity index (χ1) is 11.6. The molecule has 0 radical (unpaired) electrons. The van der Waals surface area contributed by atoms with Gasteiger partial charge in [0, 0.05) is 17.3 Å². The smallest absolute Gasteiger partial charge is 0.430 e. The standard InChI is InChI=1S/C19H16N2O3/c1-19(13-23-18(22)24-19)9-8-15-11-14-5-2-3-7-17(14)21(15)16-6-4-10-20-12-16/h2-12H,13H2,1H3/b9-8+. The molecular weight excluding hydrogens is 304 g/mol. The van der Waals surface area contributed by atoms with Gasteiger partial charge in [-0.1, -0.05) is 18.2 Å². The van der Waals surface area contributed by atoms with E-state index in [1.54, 1.807) is 6.20 Å². The van der Waals surface area contributed by atoms with Gasteiger partial charge in [0.05, 0.1) is 17.4 Å². The molecule has 0 saturated carbocycles. The molecule has 3 aromatic rings. The number of para-hydroxylation sites is 1. The van der Waals surface area contributed by atoms with E-state index in [0.29, 0.717) is 0 Å². The lowest BCUT2D eigenvalue weighted by Crippen LogP contribution is -2.23. The highest BCUT2D eigenvalue weighted by Crippen LogP contribution is 2.27. The molecule has 0 aliphatic carbocycles. The lowest BCUT2D eigenvalue weighted by Gasteiger charge is -2.14. The number of benzene rings is 1. The van der Waals surface area contributed by atoms with Gasteiger partial charge in [-0.05, 0) is 43.3 Å². The lowest BCUT2D eigenvalue weighted by atomic mass is 10.1. The van der Waals surface area contributed by atoms with Crippen LogP contribution >= 0.6 is 0 Å². The second-order valence-electron chi connectivity index (χ2n) is 5.96. The van der Waals surface area contributed by atoms with Crippen LogP contribution in [0.15, 0.2) is 60.9 Å². The molecule has 3 heterocycles. The summed E-state index contributed by atoms with van der Waals surface area (Å²) in [5.41, 5.74) is 2.30. The number of aromatic nitrogens is 2. The predicted molar refractivity (Wildman–Crippen MR) is 90.9 cm³/mol. The second-order valence-corrected chi connectivity index (χ2v) is 5.96. The fourth-order valence-corrected chi connectivity index (χ4v) is 2.87. The molecule has 1 saturated heterocycles. The number of hydrogen-bond donors (Lipinski definition) is 0. The molecule has 0 bridgehead atoms. The third-order valence-corrected chi connectivity index (χ3v) is 4.04. The van der Waals surface area contributed by atoms with Crippen molar-refractivity contribution < 1.29 is 14.3 Å². The summed E-state index contributed by atoms with van der Waals surface area (Å²) in [7, 11) is 0. The molecule has 120 valence electrons. The van der Waals surface area contributed by atoms with Crippen LogP contribution in [0.5, 0.6) is 0 Å². The third kappa shape index (κ3) is 2.54. The lowest BCUT2D eigenvalue weighted by molar-refractivity contribution is 0.0995. The van der Waals surface area contributed by atoms with E-state index in [2.05, 4.69) is 27.8 Å².